The van der Waals surface area contributed by atoms with E-state index in [9.17, 15) is 18.0 Å². The molecule has 0 aliphatic carbocycles. The van der Waals surface area contributed by atoms with Crippen molar-refractivity contribution in [2.24, 2.45) is 5.73 Å². The van der Waals surface area contributed by atoms with E-state index in [0.717, 1.165) is 15.9 Å². The molecule has 1 atom stereocenters. The molecule has 0 spiro atoms. The zero-order valence-corrected chi connectivity index (χ0v) is 24.7. The number of para-hydroxylation sites is 2. The third-order valence-corrected chi connectivity index (χ3v) is 9.84. The lowest BCUT2D eigenvalue weighted by atomic mass is 9.89. The van der Waals surface area contributed by atoms with E-state index in [2.05, 4.69) is 0 Å². The van der Waals surface area contributed by atoms with Gasteiger partial charge < -0.3 is 19.9 Å². The molecule has 11 heteroatoms. The minimum absolute atomic E-state index is 0.0246. The maximum Gasteiger partial charge on any atom is 0.338 e. The van der Waals surface area contributed by atoms with Crippen LogP contribution in [0.5, 0.6) is 11.5 Å². The molecule has 0 unspecified atom stereocenters. The summed E-state index contributed by atoms with van der Waals surface area (Å²) < 4.78 is 46.6. The first-order valence-electron chi connectivity index (χ1n) is 13.0. The van der Waals surface area contributed by atoms with Gasteiger partial charge in [0.2, 0.25) is 9.84 Å². The maximum absolute atomic E-state index is 14.3. The van der Waals surface area contributed by atoms with Gasteiger partial charge in [-0.05, 0) is 37.3 Å². The lowest BCUT2D eigenvalue weighted by molar-refractivity contribution is -0.136. The first kappa shape index (κ1) is 28.9. The molecule has 216 valence electrons. The Morgan fingerprint density at radius 3 is 2.24 bits per heavy atom. The minimum Gasteiger partial charge on any atom is -0.496 e. The zero-order valence-electron chi connectivity index (χ0n) is 23.1. The largest absolute Gasteiger partial charge is 0.496 e. The van der Waals surface area contributed by atoms with Gasteiger partial charge in [0.15, 0.2) is 0 Å². The SMILES string of the molecule is CCOC(=O)C1=c2sc(=Cc3ccccc3OC)c(=O)n2C(N)=C(S(=O)(=O)c2ccccc2)[C@@H]1c1ccccc1OC. The number of carbonyl (C=O) groups is 1. The summed E-state index contributed by atoms with van der Waals surface area (Å²) in [5.41, 5.74) is 7.04. The van der Waals surface area contributed by atoms with Crippen LogP contribution in [0.15, 0.2) is 93.5 Å². The zero-order chi connectivity index (χ0) is 30.0. The van der Waals surface area contributed by atoms with Crippen LogP contribution in [0.4, 0.5) is 0 Å². The standard InChI is InChI=1S/C31H28N2O7S2/c1-4-40-31(35)26-25(21-15-9-11-17-23(21)39-3)27(42(36,37)20-13-6-5-7-14-20)28(32)33-29(34)24(41-30(26)33)18-19-12-8-10-16-22(19)38-2/h5-18,25H,4,32H2,1-3H3/t25-/m1/s1. The molecule has 4 aromatic rings. The topological polar surface area (TPSA) is 127 Å². The number of ether oxygens (including phenoxy) is 3. The molecule has 0 saturated heterocycles. The number of methoxy groups -OCH3 is 2. The van der Waals surface area contributed by atoms with Crippen LogP contribution in [0.25, 0.3) is 17.5 Å². The van der Waals surface area contributed by atoms with Crippen LogP contribution < -0.4 is 30.0 Å². The first-order valence-corrected chi connectivity index (χ1v) is 15.3. The van der Waals surface area contributed by atoms with Crippen LogP contribution in [-0.4, -0.2) is 39.8 Å². The van der Waals surface area contributed by atoms with Crippen LogP contribution in [0.3, 0.4) is 0 Å². The van der Waals surface area contributed by atoms with E-state index in [1.54, 1.807) is 79.7 Å². The number of nitrogens with two attached hydrogens (primary N) is 1. The van der Waals surface area contributed by atoms with Gasteiger partial charge in [0.1, 0.15) is 26.9 Å². The molecule has 1 aromatic heterocycles. The fourth-order valence-corrected chi connectivity index (χ4v) is 7.80. The van der Waals surface area contributed by atoms with Gasteiger partial charge in [0, 0.05) is 11.1 Å². The number of carbonyl (C=O) groups excluding carboxylic acids is 1. The van der Waals surface area contributed by atoms with Gasteiger partial charge >= 0.3 is 5.97 Å². The summed E-state index contributed by atoms with van der Waals surface area (Å²) in [4.78, 5) is 27.3. The lowest BCUT2D eigenvalue weighted by Crippen LogP contribution is -2.41. The Bertz CT molecular complexity index is 1990. The smallest absolute Gasteiger partial charge is 0.338 e. The van der Waals surface area contributed by atoms with E-state index in [-0.39, 0.29) is 37.0 Å². The highest BCUT2D eigenvalue weighted by Gasteiger charge is 2.43. The summed E-state index contributed by atoms with van der Waals surface area (Å²) in [6.07, 6.45) is 1.62. The van der Waals surface area contributed by atoms with Crippen molar-refractivity contribution in [3.05, 3.63) is 114 Å². The van der Waals surface area contributed by atoms with Gasteiger partial charge in [-0.3, -0.25) is 9.36 Å². The van der Waals surface area contributed by atoms with Crippen molar-refractivity contribution in [3.63, 3.8) is 0 Å². The number of hydrogen-bond acceptors (Lipinski definition) is 9. The van der Waals surface area contributed by atoms with Crippen molar-refractivity contribution in [3.8, 4) is 11.5 Å². The van der Waals surface area contributed by atoms with Gasteiger partial charge in [-0.15, -0.1) is 11.3 Å². The van der Waals surface area contributed by atoms with Crippen molar-refractivity contribution < 1.29 is 27.4 Å². The number of nitrogens with zero attached hydrogens (tertiary/aromatic N) is 1. The van der Waals surface area contributed by atoms with E-state index in [4.69, 9.17) is 19.9 Å². The Morgan fingerprint density at radius 1 is 0.952 bits per heavy atom. The number of allylic oxidation sites excluding steroid dienone is 1. The molecule has 0 amide bonds. The van der Waals surface area contributed by atoms with Crippen LogP contribution in [0.2, 0.25) is 0 Å². The predicted octanol–water partition coefficient (Wildman–Crippen LogP) is 2.83. The fraction of sp³-hybridized carbons (Fsp3) is 0.161. The molecule has 2 N–H and O–H groups in total. The Labute approximate surface area is 246 Å². The molecule has 0 fully saturated rings. The molecule has 0 bridgehead atoms. The molecule has 1 aliphatic heterocycles. The summed E-state index contributed by atoms with van der Waals surface area (Å²) in [5, 5.41) is 0. The number of sulfone groups is 1. The van der Waals surface area contributed by atoms with Crippen LogP contribution >= 0.6 is 11.3 Å². The molecular weight excluding hydrogens is 576 g/mol. The van der Waals surface area contributed by atoms with E-state index in [0.29, 0.717) is 22.6 Å². The third kappa shape index (κ3) is 4.90. The summed E-state index contributed by atoms with van der Waals surface area (Å²) in [6, 6.07) is 21.6. The van der Waals surface area contributed by atoms with Crippen LogP contribution in [0.1, 0.15) is 24.0 Å². The number of esters is 1. The van der Waals surface area contributed by atoms with Crippen LogP contribution in [-0.2, 0) is 19.4 Å². The van der Waals surface area contributed by atoms with Crippen molar-refractivity contribution in [2.45, 2.75) is 17.7 Å². The highest BCUT2D eigenvalue weighted by atomic mass is 32.2. The molecule has 3 aromatic carbocycles. The Balaban J connectivity index is 1.96. The molecule has 0 saturated carbocycles. The second kappa shape index (κ2) is 11.7. The fourth-order valence-electron chi connectivity index (χ4n) is 4.96. The average molecular weight is 605 g/mol. The number of aromatic nitrogens is 1. The molecule has 1 aliphatic rings. The second-order valence-corrected chi connectivity index (χ2v) is 12.1. The minimum atomic E-state index is -4.35. The predicted molar refractivity (Wildman–Crippen MR) is 161 cm³/mol. The van der Waals surface area contributed by atoms with Gasteiger partial charge in [-0.1, -0.05) is 54.6 Å². The van der Waals surface area contributed by atoms with Crippen molar-refractivity contribution in [1.82, 2.24) is 4.57 Å². The highest BCUT2D eigenvalue weighted by Crippen LogP contribution is 2.45. The Kier molecular flexibility index (Phi) is 8.06. The maximum atomic E-state index is 14.3. The summed E-state index contributed by atoms with van der Waals surface area (Å²) >= 11 is 1.01. The van der Waals surface area contributed by atoms with Gasteiger partial charge in [-0.2, -0.15) is 0 Å². The number of hydrogen-bond donors (Lipinski definition) is 1. The van der Waals surface area contributed by atoms with E-state index >= 15 is 0 Å². The Hall–Kier alpha value is -4.61. The van der Waals surface area contributed by atoms with Gasteiger partial charge in [-0.25, -0.2) is 13.2 Å². The van der Waals surface area contributed by atoms with Crippen LogP contribution in [0, 0.1) is 0 Å². The summed E-state index contributed by atoms with van der Waals surface area (Å²) in [6.45, 7) is 1.67. The van der Waals surface area contributed by atoms with Crippen molar-refractivity contribution in [2.75, 3.05) is 20.8 Å². The number of fused-ring (bicyclic) bond motifs is 1. The molecule has 2 heterocycles. The molecule has 9 nitrogen and oxygen atoms in total. The Morgan fingerprint density at radius 2 is 1.57 bits per heavy atom. The average Bonchev–Trinajstić information content (AvgIpc) is 3.33. The monoisotopic (exact) mass is 604 g/mol. The van der Waals surface area contributed by atoms with Gasteiger partial charge in [0.25, 0.3) is 5.56 Å². The summed E-state index contributed by atoms with van der Waals surface area (Å²) in [7, 11) is -1.38. The summed E-state index contributed by atoms with van der Waals surface area (Å²) in [5.74, 6) is -1.45. The normalized spacial score (nSPS) is 15.4. The van der Waals surface area contributed by atoms with E-state index in [1.165, 1.54) is 26.4 Å². The molecular formula is C31H28N2O7S2. The van der Waals surface area contributed by atoms with Crippen molar-refractivity contribution in [1.29, 1.82) is 0 Å². The van der Waals surface area contributed by atoms with Crippen molar-refractivity contribution >= 4 is 44.6 Å². The highest BCUT2D eigenvalue weighted by molar-refractivity contribution is 7.95. The van der Waals surface area contributed by atoms with E-state index < -0.39 is 27.3 Å². The first-order chi connectivity index (χ1) is 20.2. The molecule has 5 rings (SSSR count). The lowest BCUT2D eigenvalue weighted by Gasteiger charge is -2.28. The molecule has 42 heavy (non-hydrogen) atoms. The molecule has 0 radical (unpaired) electrons. The third-order valence-electron chi connectivity index (χ3n) is 6.81. The number of benzene rings is 3. The quantitative estimate of drug-likeness (QED) is 0.304. The second-order valence-electron chi connectivity index (χ2n) is 9.17. The number of rotatable bonds is 8. The number of thiazole rings is 1. The van der Waals surface area contributed by atoms with E-state index in [1.807, 2.05) is 0 Å². The van der Waals surface area contributed by atoms with Gasteiger partial charge in [0.05, 0.1) is 41.7 Å².